The van der Waals surface area contributed by atoms with Crippen LogP contribution in [0.1, 0.15) is 59.3 Å². The number of aliphatic hydroxyl groups excluding tert-OH is 1. The van der Waals surface area contributed by atoms with Gasteiger partial charge in [0.15, 0.2) is 0 Å². The Morgan fingerprint density at radius 1 is 0.846 bits per heavy atom. The molecule has 2 aromatic carbocycles. The van der Waals surface area contributed by atoms with E-state index < -0.39 is 18.4 Å². The van der Waals surface area contributed by atoms with Crippen molar-refractivity contribution in [2.75, 3.05) is 84.1 Å². The summed E-state index contributed by atoms with van der Waals surface area (Å²) < 4.78 is 28.3. The van der Waals surface area contributed by atoms with Gasteiger partial charge in [0, 0.05) is 6.54 Å². The molecular weight excluding hydrogens is 765 g/mol. The third kappa shape index (κ3) is 15.3. The molecular formula is C40H63N5O6Sn. The number of ether oxygens (including phenoxy) is 4. The molecule has 11 nitrogen and oxygen atoms in total. The van der Waals surface area contributed by atoms with Crippen molar-refractivity contribution in [2.45, 2.75) is 72.6 Å². The molecule has 1 heterocycles. The normalized spacial score (nSPS) is 11.9. The number of nitrogens with one attached hydrogen (secondary N) is 2. The molecule has 0 unspecified atom stereocenters. The summed E-state index contributed by atoms with van der Waals surface area (Å²) in [5, 5.41) is 16.2. The number of amides is 1. The number of unbranched alkanes of at least 4 members (excludes halogenated alkanes) is 3. The van der Waals surface area contributed by atoms with Crippen LogP contribution in [0.2, 0.25) is 13.3 Å². The molecule has 0 radical (unpaired) electrons. The molecule has 3 rings (SSSR count). The molecule has 0 saturated carbocycles. The van der Waals surface area contributed by atoms with Crippen LogP contribution in [0.15, 0.2) is 54.9 Å². The van der Waals surface area contributed by atoms with E-state index in [9.17, 15) is 4.79 Å². The van der Waals surface area contributed by atoms with Gasteiger partial charge >= 0.3 is 233 Å². The SMILES string of the molecule is CCC[CH2][Sn]([CH2]CCC)([CH2]CCC)[c]1cccc(Nc2ncnc3cc(OCCOCCOCCOCCO)c(NC(=O)/C=C/CN(C)C)cc23)c1. The van der Waals surface area contributed by atoms with E-state index in [-0.39, 0.29) is 19.1 Å². The molecule has 12 heteroatoms. The first kappa shape index (κ1) is 43.6. The van der Waals surface area contributed by atoms with Crippen molar-refractivity contribution >= 4 is 56.0 Å². The number of rotatable bonds is 28. The minimum absolute atomic E-state index is 0.00163. The summed E-state index contributed by atoms with van der Waals surface area (Å²) in [5.41, 5.74) is 2.25. The fourth-order valence-corrected chi connectivity index (χ4v) is 22.2. The number of hydrogen-bond donors (Lipinski definition) is 3. The van der Waals surface area contributed by atoms with E-state index in [1.54, 1.807) is 9.91 Å². The summed E-state index contributed by atoms with van der Waals surface area (Å²) in [7, 11) is 3.91. The molecule has 0 bridgehead atoms. The van der Waals surface area contributed by atoms with Crippen molar-refractivity contribution < 1.29 is 28.8 Å². The number of aromatic nitrogens is 2. The quantitative estimate of drug-likeness (QED) is 0.0404. The van der Waals surface area contributed by atoms with E-state index in [1.165, 1.54) is 57.9 Å². The molecule has 0 spiro atoms. The number of carbonyl (C=O) groups is 1. The molecule has 1 aromatic heterocycles. The number of carbonyl (C=O) groups excluding carboxylic acids is 1. The Labute approximate surface area is 315 Å². The predicted octanol–water partition coefficient (Wildman–Crippen LogP) is 6.91. The van der Waals surface area contributed by atoms with Gasteiger partial charge in [-0.3, -0.25) is 0 Å². The Bertz CT molecular complexity index is 1470. The first-order valence-corrected chi connectivity index (χ1v) is 26.6. The van der Waals surface area contributed by atoms with Gasteiger partial charge in [-0.1, -0.05) is 0 Å². The van der Waals surface area contributed by atoms with Crippen molar-refractivity contribution in [1.29, 1.82) is 0 Å². The second-order valence-corrected chi connectivity index (χ2v) is 26.7. The molecule has 0 saturated heterocycles. The van der Waals surface area contributed by atoms with Crippen LogP contribution in [-0.4, -0.2) is 118 Å². The molecule has 0 aliphatic carbocycles. The molecule has 0 aliphatic heterocycles. The van der Waals surface area contributed by atoms with E-state index in [0.29, 0.717) is 69.0 Å². The zero-order chi connectivity index (χ0) is 37.4. The van der Waals surface area contributed by atoms with Crippen LogP contribution in [0.4, 0.5) is 17.2 Å². The summed E-state index contributed by atoms with van der Waals surface area (Å²) in [5.74, 6) is 0.918. The van der Waals surface area contributed by atoms with Crippen molar-refractivity contribution in [2.24, 2.45) is 0 Å². The minimum atomic E-state index is -2.65. The topological polar surface area (TPSA) is 127 Å². The summed E-state index contributed by atoms with van der Waals surface area (Å²) in [6, 6.07) is 12.9. The van der Waals surface area contributed by atoms with Crippen LogP contribution in [0, 0.1) is 0 Å². The van der Waals surface area contributed by atoms with Crippen molar-refractivity contribution in [3.8, 4) is 5.75 Å². The van der Waals surface area contributed by atoms with Crippen LogP contribution in [0.5, 0.6) is 5.75 Å². The molecule has 0 atom stereocenters. The zero-order valence-electron chi connectivity index (χ0n) is 32.3. The van der Waals surface area contributed by atoms with Gasteiger partial charge < -0.3 is 24.2 Å². The maximum atomic E-state index is 13.0. The van der Waals surface area contributed by atoms with Crippen LogP contribution >= 0.6 is 0 Å². The van der Waals surface area contributed by atoms with Gasteiger partial charge in [0.2, 0.25) is 0 Å². The number of likely N-dealkylation sites (N-methyl/N-ethyl adjacent to an activating group) is 1. The number of fused-ring (bicyclic) bond motifs is 1. The van der Waals surface area contributed by atoms with Gasteiger partial charge in [-0.2, -0.15) is 0 Å². The van der Waals surface area contributed by atoms with Crippen molar-refractivity contribution in [3.63, 3.8) is 0 Å². The summed E-state index contributed by atoms with van der Waals surface area (Å²) >= 11 is -2.65. The number of hydrogen-bond acceptors (Lipinski definition) is 10. The number of anilines is 3. The van der Waals surface area contributed by atoms with Gasteiger partial charge in [-0.05, 0) is 14.1 Å². The van der Waals surface area contributed by atoms with Crippen LogP contribution in [-0.2, 0) is 19.0 Å². The third-order valence-electron chi connectivity index (χ3n) is 8.96. The predicted molar refractivity (Wildman–Crippen MR) is 215 cm³/mol. The molecule has 0 fully saturated rings. The van der Waals surface area contributed by atoms with Gasteiger partial charge in [0.1, 0.15) is 0 Å². The van der Waals surface area contributed by atoms with Gasteiger partial charge in [-0.15, -0.1) is 0 Å². The summed E-state index contributed by atoms with van der Waals surface area (Å²) in [4.78, 5) is 24.2. The summed E-state index contributed by atoms with van der Waals surface area (Å²) in [6.07, 6.45) is 12.6. The Morgan fingerprint density at radius 2 is 1.48 bits per heavy atom. The average Bonchev–Trinajstić information content (AvgIpc) is 3.14. The van der Waals surface area contributed by atoms with Gasteiger partial charge in [0.05, 0.1) is 39.6 Å². The van der Waals surface area contributed by atoms with Crippen LogP contribution in [0.25, 0.3) is 10.9 Å². The van der Waals surface area contributed by atoms with Gasteiger partial charge in [0.25, 0.3) is 0 Å². The Morgan fingerprint density at radius 3 is 2.10 bits per heavy atom. The molecule has 3 aromatic rings. The first-order valence-electron chi connectivity index (χ1n) is 19.1. The van der Waals surface area contributed by atoms with Crippen LogP contribution in [0.3, 0.4) is 0 Å². The Balaban J connectivity index is 1.84. The van der Waals surface area contributed by atoms with E-state index in [4.69, 9.17) is 24.1 Å². The third-order valence-corrected chi connectivity index (χ3v) is 24.6. The number of aliphatic hydroxyl groups is 1. The average molecular weight is 829 g/mol. The fourth-order valence-electron chi connectivity index (χ4n) is 6.18. The maximum absolute atomic E-state index is 13.0. The molecule has 3 N–H and O–H groups in total. The zero-order valence-corrected chi connectivity index (χ0v) is 35.1. The standard InChI is InChI=1S/C28H36N5O6.3C4H9.Sn/c1-33(2)10-6-9-27(35)32-25-19-23-24(29-21-30-28(23)31-22-7-4-3-5-8-22)20-26(25)39-18-17-38-16-15-37-14-13-36-12-11-34;3*1-3-4-2;/h3-4,6-9,19-21,34H,10-18H2,1-2H3,(H,32,35)(H,29,30,31);3*1,3-4H2,2H3;/b9-6+;;;;. The summed E-state index contributed by atoms with van der Waals surface area (Å²) in [6.45, 7) is 10.2. The molecule has 52 heavy (non-hydrogen) atoms. The number of nitrogens with zero attached hydrogens (tertiary/aromatic N) is 3. The molecule has 1 amide bonds. The Kier molecular flexibility index (Phi) is 21.2. The van der Waals surface area contributed by atoms with E-state index in [0.717, 1.165) is 11.1 Å². The van der Waals surface area contributed by atoms with Crippen molar-refractivity contribution in [3.05, 3.63) is 54.9 Å². The Hall–Kier alpha value is -2.81. The first-order chi connectivity index (χ1) is 25.4. The molecule has 288 valence electrons. The van der Waals surface area contributed by atoms with E-state index in [1.807, 2.05) is 37.2 Å². The second kappa shape index (κ2) is 25.3. The number of benzene rings is 2. The van der Waals surface area contributed by atoms with E-state index in [2.05, 4.69) is 65.6 Å². The monoisotopic (exact) mass is 829 g/mol. The van der Waals surface area contributed by atoms with Crippen LogP contribution < -0.4 is 18.9 Å². The fraction of sp³-hybridized carbons (Fsp3) is 0.575. The second-order valence-electron chi connectivity index (χ2n) is 13.4. The van der Waals surface area contributed by atoms with E-state index >= 15 is 0 Å². The van der Waals surface area contributed by atoms with Crippen molar-refractivity contribution in [1.82, 2.24) is 14.9 Å². The molecule has 0 aliphatic rings. The van der Waals surface area contributed by atoms with Gasteiger partial charge in [-0.25, -0.2) is 0 Å².